The fraction of sp³-hybridized carbons (Fsp3) is 0.417. The number of pyridine rings is 1. The van der Waals surface area contributed by atoms with E-state index < -0.39 is 0 Å². The van der Waals surface area contributed by atoms with Gasteiger partial charge in [-0.3, -0.25) is 0 Å². The van der Waals surface area contributed by atoms with Crippen LogP contribution < -0.4 is 4.90 Å². The van der Waals surface area contributed by atoms with Crippen molar-refractivity contribution >= 4 is 17.3 Å². The van der Waals surface area contributed by atoms with Crippen LogP contribution >= 0.6 is 11.6 Å². The van der Waals surface area contributed by atoms with Crippen molar-refractivity contribution in [3.8, 4) is 11.3 Å². The van der Waals surface area contributed by atoms with Gasteiger partial charge in [0.05, 0.1) is 11.7 Å². The van der Waals surface area contributed by atoms with Crippen LogP contribution in [0.15, 0.2) is 12.3 Å². The summed E-state index contributed by atoms with van der Waals surface area (Å²) in [6.45, 7) is 5.07. The molecule has 18 heavy (non-hydrogen) atoms. The highest BCUT2D eigenvalue weighted by Gasteiger charge is 2.33. The molecule has 3 rings (SSSR count). The predicted molar refractivity (Wildman–Crippen MR) is 70.7 cm³/mol. The summed E-state index contributed by atoms with van der Waals surface area (Å²) in [6.07, 6.45) is 1.71. The number of fused-ring (bicyclic) bond motifs is 3. The van der Waals surface area contributed by atoms with Crippen LogP contribution in [0.2, 0.25) is 5.15 Å². The lowest BCUT2D eigenvalue weighted by Crippen LogP contribution is -2.30. The van der Waals surface area contributed by atoms with E-state index in [-0.39, 0.29) is 6.04 Å². The van der Waals surface area contributed by atoms with Crippen molar-refractivity contribution in [2.24, 2.45) is 7.05 Å². The zero-order chi connectivity index (χ0) is 12.9. The van der Waals surface area contributed by atoms with Gasteiger partial charge in [-0.1, -0.05) is 11.6 Å². The average molecular weight is 264 g/mol. The summed E-state index contributed by atoms with van der Waals surface area (Å²) in [6, 6.07) is 2.11. The maximum absolute atomic E-state index is 6.25. The molecule has 3 heterocycles. The Kier molecular flexibility index (Phi) is 2.52. The molecule has 2 aromatic heterocycles. The molecule has 94 valence electrons. The number of hydrogen-bond acceptors (Lipinski definition) is 4. The van der Waals surface area contributed by atoms with Crippen molar-refractivity contribution in [3.63, 3.8) is 0 Å². The molecule has 1 atom stereocenters. The molecule has 0 aliphatic carbocycles. The van der Waals surface area contributed by atoms with Gasteiger partial charge in [0.15, 0.2) is 5.15 Å². The van der Waals surface area contributed by atoms with E-state index in [4.69, 9.17) is 11.6 Å². The van der Waals surface area contributed by atoms with E-state index in [1.165, 1.54) is 0 Å². The normalized spacial score (nSPS) is 17.6. The summed E-state index contributed by atoms with van der Waals surface area (Å²) in [5.74, 6) is 0. The van der Waals surface area contributed by atoms with Gasteiger partial charge in [0.25, 0.3) is 0 Å². The minimum absolute atomic E-state index is 0.160. The van der Waals surface area contributed by atoms with Gasteiger partial charge in [-0.25, -0.2) is 4.98 Å². The Morgan fingerprint density at radius 2 is 2.17 bits per heavy atom. The molecule has 0 N–H and O–H groups in total. The summed E-state index contributed by atoms with van der Waals surface area (Å²) in [4.78, 5) is 7.99. The van der Waals surface area contributed by atoms with E-state index in [0.29, 0.717) is 5.15 Å². The minimum atomic E-state index is 0.160. The highest BCUT2D eigenvalue weighted by Crippen LogP contribution is 2.45. The van der Waals surface area contributed by atoms with Gasteiger partial charge >= 0.3 is 0 Å². The van der Waals surface area contributed by atoms with Crippen LogP contribution in [-0.4, -0.2) is 26.5 Å². The largest absolute Gasteiger partial charge is 0.360 e. The molecule has 1 unspecified atom stereocenters. The standard InChI is InChI=1S/C12H14ClN5/c1-4-18-7(2)9-10(16-17(3)15-9)8-5-6-14-12(13)11(8)18/h5-7H,4H2,1-3H3. The second-order valence-corrected chi connectivity index (χ2v) is 4.74. The van der Waals surface area contributed by atoms with Gasteiger partial charge in [0.1, 0.15) is 11.4 Å². The van der Waals surface area contributed by atoms with Crippen LogP contribution in [0, 0.1) is 0 Å². The van der Waals surface area contributed by atoms with E-state index >= 15 is 0 Å². The molecule has 0 radical (unpaired) electrons. The summed E-state index contributed by atoms with van der Waals surface area (Å²) >= 11 is 6.25. The third-order valence-electron chi connectivity index (χ3n) is 3.37. The lowest BCUT2D eigenvalue weighted by atomic mass is 9.99. The third kappa shape index (κ3) is 1.43. The number of nitrogens with zero attached hydrogens (tertiary/aromatic N) is 5. The first-order valence-electron chi connectivity index (χ1n) is 5.96. The summed E-state index contributed by atoms with van der Waals surface area (Å²) in [7, 11) is 1.84. The maximum atomic E-state index is 6.25. The smallest absolute Gasteiger partial charge is 0.152 e. The van der Waals surface area contributed by atoms with Crippen molar-refractivity contribution in [1.82, 2.24) is 20.0 Å². The second kappa shape index (κ2) is 3.95. The zero-order valence-electron chi connectivity index (χ0n) is 10.6. The van der Waals surface area contributed by atoms with E-state index in [1.54, 1.807) is 11.0 Å². The van der Waals surface area contributed by atoms with Crippen molar-refractivity contribution in [2.75, 3.05) is 11.4 Å². The van der Waals surface area contributed by atoms with Crippen molar-refractivity contribution in [1.29, 1.82) is 0 Å². The van der Waals surface area contributed by atoms with Crippen molar-refractivity contribution in [2.45, 2.75) is 19.9 Å². The fourth-order valence-electron chi connectivity index (χ4n) is 2.56. The molecule has 0 fully saturated rings. The Labute approximate surface area is 110 Å². The van der Waals surface area contributed by atoms with Gasteiger partial charge in [0, 0.05) is 25.4 Å². The zero-order valence-corrected chi connectivity index (χ0v) is 11.3. The van der Waals surface area contributed by atoms with Gasteiger partial charge < -0.3 is 4.90 Å². The summed E-state index contributed by atoms with van der Waals surface area (Å²) < 4.78 is 0. The van der Waals surface area contributed by atoms with E-state index in [1.807, 2.05) is 13.1 Å². The van der Waals surface area contributed by atoms with E-state index in [0.717, 1.165) is 29.2 Å². The van der Waals surface area contributed by atoms with Crippen LogP contribution in [0.5, 0.6) is 0 Å². The van der Waals surface area contributed by atoms with Crippen LogP contribution in [0.4, 0.5) is 5.69 Å². The van der Waals surface area contributed by atoms with Gasteiger partial charge in [-0.15, -0.1) is 0 Å². The number of aromatic nitrogens is 4. The Hall–Kier alpha value is -1.62. The Balaban J connectivity index is 2.32. The molecule has 0 amide bonds. The van der Waals surface area contributed by atoms with E-state index in [9.17, 15) is 0 Å². The molecule has 0 spiro atoms. The molecule has 0 saturated heterocycles. The first-order valence-corrected chi connectivity index (χ1v) is 6.34. The molecule has 1 aliphatic rings. The van der Waals surface area contributed by atoms with Crippen LogP contribution in [0.25, 0.3) is 11.3 Å². The van der Waals surface area contributed by atoms with Crippen molar-refractivity contribution in [3.05, 3.63) is 23.1 Å². The minimum Gasteiger partial charge on any atom is -0.360 e. The maximum Gasteiger partial charge on any atom is 0.152 e. The van der Waals surface area contributed by atoms with Crippen molar-refractivity contribution < 1.29 is 0 Å². The summed E-state index contributed by atoms with van der Waals surface area (Å²) in [5.41, 5.74) is 3.88. The highest BCUT2D eigenvalue weighted by molar-refractivity contribution is 6.32. The van der Waals surface area contributed by atoms with Gasteiger partial charge in [-0.2, -0.15) is 15.0 Å². The molecule has 0 aromatic carbocycles. The number of hydrogen-bond donors (Lipinski definition) is 0. The number of aryl methyl sites for hydroxylation is 1. The Bertz CT molecular complexity index is 607. The van der Waals surface area contributed by atoms with Gasteiger partial charge in [-0.05, 0) is 19.9 Å². The number of anilines is 1. The topological polar surface area (TPSA) is 46.8 Å². The third-order valence-corrected chi connectivity index (χ3v) is 3.64. The van der Waals surface area contributed by atoms with E-state index in [2.05, 4.69) is 33.9 Å². The highest BCUT2D eigenvalue weighted by atomic mass is 35.5. The quantitative estimate of drug-likeness (QED) is 0.742. The second-order valence-electron chi connectivity index (χ2n) is 4.38. The molecular weight excluding hydrogens is 250 g/mol. The molecular formula is C12H14ClN5. The molecule has 0 bridgehead atoms. The first-order chi connectivity index (χ1) is 8.63. The Morgan fingerprint density at radius 3 is 2.89 bits per heavy atom. The average Bonchev–Trinajstić information content (AvgIpc) is 2.73. The fourth-order valence-corrected chi connectivity index (χ4v) is 2.83. The Morgan fingerprint density at radius 1 is 1.39 bits per heavy atom. The predicted octanol–water partition coefficient (Wildman–Crippen LogP) is 2.43. The number of halogens is 1. The van der Waals surface area contributed by atoms with Gasteiger partial charge in [0.2, 0.25) is 0 Å². The van der Waals surface area contributed by atoms with Crippen LogP contribution in [0.3, 0.4) is 0 Å². The molecule has 1 aliphatic heterocycles. The summed E-state index contributed by atoms with van der Waals surface area (Å²) in [5, 5.41) is 9.43. The number of rotatable bonds is 1. The molecule has 2 aromatic rings. The van der Waals surface area contributed by atoms with Crippen LogP contribution in [0.1, 0.15) is 25.6 Å². The lowest BCUT2D eigenvalue weighted by Gasteiger charge is -2.34. The molecule has 6 heteroatoms. The first kappa shape index (κ1) is 11.5. The monoisotopic (exact) mass is 263 g/mol. The SMILES string of the molecule is CCN1c2c(ccnc2Cl)-c2nn(C)nc2C1C. The lowest BCUT2D eigenvalue weighted by molar-refractivity contribution is 0.614. The molecule has 5 nitrogen and oxygen atoms in total. The molecule has 0 saturated carbocycles. The van der Waals surface area contributed by atoms with Crippen LogP contribution in [-0.2, 0) is 7.05 Å².